The van der Waals surface area contributed by atoms with Crippen LogP contribution in [0.1, 0.15) is 36.3 Å². The zero-order valence-electron chi connectivity index (χ0n) is 18.2. The van der Waals surface area contributed by atoms with E-state index in [1.54, 1.807) is 6.07 Å². The molecule has 170 valence electrons. The molecule has 2 N–H and O–H groups in total. The Balaban J connectivity index is 1.36. The van der Waals surface area contributed by atoms with Crippen molar-refractivity contribution in [3.05, 3.63) is 64.4 Å². The molecule has 2 amide bonds. The lowest BCUT2D eigenvalue weighted by atomic mass is 9.65. The molecular weight excluding hydrogens is 438 g/mol. The van der Waals surface area contributed by atoms with Gasteiger partial charge in [0, 0.05) is 22.1 Å². The Hall–Kier alpha value is -2.74. The number of hydrogen-bond acceptors (Lipinski definition) is 6. The van der Waals surface area contributed by atoms with Crippen LogP contribution >= 0.6 is 11.3 Å². The number of hydrogen-bond donors (Lipinski definition) is 2. The van der Waals surface area contributed by atoms with E-state index in [1.807, 2.05) is 54.8 Å². The minimum atomic E-state index is -1.47. The lowest BCUT2D eigenvalue weighted by molar-refractivity contribution is -0.265. The van der Waals surface area contributed by atoms with Crippen LogP contribution < -0.4 is 0 Å². The molecule has 0 radical (unpaired) electrons. The van der Waals surface area contributed by atoms with E-state index in [0.717, 1.165) is 21.2 Å². The topological polar surface area (TPSA) is 87.1 Å². The van der Waals surface area contributed by atoms with Crippen molar-refractivity contribution in [2.75, 3.05) is 0 Å². The fourth-order valence-electron chi connectivity index (χ4n) is 6.20. The Labute approximate surface area is 195 Å². The fraction of sp³-hybridized carbons (Fsp3) is 0.385. The molecule has 6 rings (SSSR count). The summed E-state index contributed by atoms with van der Waals surface area (Å²) in [6.07, 6.45) is 0.440. The van der Waals surface area contributed by atoms with Gasteiger partial charge < -0.3 is 14.9 Å². The van der Waals surface area contributed by atoms with Crippen LogP contribution in [0.15, 0.2) is 53.9 Å². The largest absolute Gasteiger partial charge is 0.507 e. The molecule has 3 heterocycles. The summed E-state index contributed by atoms with van der Waals surface area (Å²) in [5, 5.41) is 25.5. The number of nitrogens with zero attached hydrogens (tertiary/aromatic N) is 1. The van der Waals surface area contributed by atoms with Crippen molar-refractivity contribution < 1.29 is 24.5 Å². The van der Waals surface area contributed by atoms with E-state index in [0.29, 0.717) is 12.8 Å². The number of phenols is 1. The second-order valence-electron chi connectivity index (χ2n) is 9.53. The maximum Gasteiger partial charge on any atom is 0.233 e. The van der Waals surface area contributed by atoms with E-state index in [2.05, 4.69) is 0 Å². The zero-order chi connectivity index (χ0) is 22.9. The van der Waals surface area contributed by atoms with Gasteiger partial charge in [-0.05, 0) is 41.3 Å². The highest BCUT2D eigenvalue weighted by Gasteiger charge is 2.65. The summed E-state index contributed by atoms with van der Waals surface area (Å²) in [4.78, 5) is 29.1. The number of likely N-dealkylation sites (tertiary alicyclic amines) is 1. The molecule has 2 aliphatic heterocycles. The third-order valence-electron chi connectivity index (χ3n) is 7.82. The van der Waals surface area contributed by atoms with Gasteiger partial charge in [0.25, 0.3) is 0 Å². The smallest absolute Gasteiger partial charge is 0.233 e. The van der Waals surface area contributed by atoms with Crippen LogP contribution in [-0.4, -0.2) is 32.7 Å². The standard InChI is InChI=1S/C26H25NO5S/c1-14-11-19-23(25(30)27(24(19)29)13-15-5-4-10-33-15)20-12-22(32-26(14,20)31)18-8-9-21(28)17-7-3-2-6-16(17)18/h2-10,14,19-20,22-23,28,31H,11-13H2,1H3/t14-,19-,20-,22-,23-,26+/m0/s1. The minimum absolute atomic E-state index is 0.133. The lowest BCUT2D eigenvalue weighted by Gasteiger charge is -2.43. The number of aromatic hydroxyl groups is 1. The summed E-state index contributed by atoms with van der Waals surface area (Å²) in [7, 11) is 0. The van der Waals surface area contributed by atoms with Gasteiger partial charge in [0.15, 0.2) is 5.79 Å². The summed E-state index contributed by atoms with van der Waals surface area (Å²) in [6.45, 7) is 2.19. The second-order valence-corrected chi connectivity index (χ2v) is 10.6. The van der Waals surface area contributed by atoms with Crippen LogP contribution in [0.4, 0.5) is 0 Å². The van der Waals surface area contributed by atoms with E-state index in [1.165, 1.54) is 16.2 Å². The van der Waals surface area contributed by atoms with Gasteiger partial charge in [-0.1, -0.05) is 43.3 Å². The lowest BCUT2D eigenvalue weighted by Crippen LogP contribution is -2.52. The van der Waals surface area contributed by atoms with E-state index in [9.17, 15) is 19.8 Å². The van der Waals surface area contributed by atoms with Crippen LogP contribution in [0.2, 0.25) is 0 Å². The van der Waals surface area contributed by atoms with E-state index in [-0.39, 0.29) is 30.0 Å². The molecule has 2 saturated heterocycles. The molecular formula is C26H25NO5S. The molecule has 3 aromatic rings. The van der Waals surface area contributed by atoms with Gasteiger partial charge in [0.1, 0.15) is 5.75 Å². The molecule has 3 aliphatic rings. The van der Waals surface area contributed by atoms with E-state index in [4.69, 9.17) is 4.74 Å². The molecule has 7 heteroatoms. The van der Waals surface area contributed by atoms with Crippen molar-refractivity contribution in [2.24, 2.45) is 23.7 Å². The number of ether oxygens (including phenoxy) is 1. The highest BCUT2D eigenvalue weighted by atomic mass is 32.1. The van der Waals surface area contributed by atoms with Gasteiger partial charge in [-0.25, -0.2) is 0 Å². The summed E-state index contributed by atoms with van der Waals surface area (Å²) in [5.74, 6) is -3.36. The van der Waals surface area contributed by atoms with Gasteiger partial charge in [-0.3, -0.25) is 14.5 Å². The van der Waals surface area contributed by atoms with Crippen molar-refractivity contribution in [2.45, 2.75) is 38.2 Å². The first-order valence-electron chi connectivity index (χ1n) is 11.4. The number of carbonyl (C=O) groups is 2. The van der Waals surface area contributed by atoms with Crippen LogP contribution in [-0.2, 0) is 20.9 Å². The van der Waals surface area contributed by atoms with Gasteiger partial charge in [0.05, 0.1) is 24.5 Å². The second kappa shape index (κ2) is 7.38. The number of rotatable bonds is 3. The molecule has 0 bridgehead atoms. The molecule has 1 aliphatic carbocycles. The fourth-order valence-corrected chi connectivity index (χ4v) is 6.90. The zero-order valence-corrected chi connectivity index (χ0v) is 19.0. The predicted octanol–water partition coefficient (Wildman–Crippen LogP) is 4.21. The molecule has 0 spiro atoms. The molecule has 1 saturated carbocycles. The number of fused-ring (bicyclic) bond motifs is 4. The minimum Gasteiger partial charge on any atom is -0.507 e. The highest BCUT2D eigenvalue weighted by Crippen LogP contribution is 2.58. The maximum absolute atomic E-state index is 13.5. The average Bonchev–Trinajstić information content (AvgIpc) is 3.50. The normalized spacial score (nSPS) is 33.5. The quantitative estimate of drug-likeness (QED) is 0.568. The SMILES string of the molecule is C[C@H]1C[C@@H]2C(=O)N(Cc3cccs3)C(=O)[C@@H]2[C@@H]2C[C@@H](c3ccc(O)c4ccccc34)O[C@]12O. The Morgan fingerprint density at radius 2 is 1.85 bits per heavy atom. The van der Waals surface area contributed by atoms with Crippen molar-refractivity contribution in [3.63, 3.8) is 0 Å². The predicted molar refractivity (Wildman–Crippen MR) is 123 cm³/mol. The summed E-state index contributed by atoms with van der Waals surface area (Å²) in [5.41, 5.74) is 0.877. The molecule has 2 aromatic carbocycles. The first kappa shape index (κ1) is 20.8. The van der Waals surface area contributed by atoms with Crippen LogP contribution in [0.3, 0.4) is 0 Å². The Bertz CT molecular complexity index is 1260. The van der Waals surface area contributed by atoms with Crippen molar-refractivity contribution in [1.29, 1.82) is 0 Å². The van der Waals surface area contributed by atoms with Crippen molar-refractivity contribution in [1.82, 2.24) is 4.90 Å². The molecule has 6 atom stereocenters. The number of carbonyl (C=O) groups excluding carboxylic acids is 2. The number of aliphatic hydroxyl groups is 1. The number of imide groups is 1. The van der Waals surface area contributed by atoms with Gasteiger partial charge in [-0.15, -0.1) is 11.3 Å². The van der Waals surface area contributed by atoms with Crippen molar-refractivity contribution in [3.8, 4) is 5.75 Å². The molecule has 1 aromatic heterocycles. The molecule has 3 fully saturated rings. The highest BCUT2D eigenvalue weighted by molar-refractivity contribution is 7.09. The maximum atomic E-state index is 13.5. The van der Waals surface area contributed by atoms with E-state index >= 15 is 0 Å². The Morgan fingerprint density at radius 3 is 2.61 bits per heavy atom. The van der Waals surface area contributed by atoms with E-state index < -0.39 is 29.6 Å². The van der Waals surface area contributed by atoms with Crippen molar-refractivity contribution >= 4 is 33.9 Å². The van der Waals surface area contributed by atoms with Gasteiger partial charge in [0.2, 0.25) is 11.8 Å². The van der Waals surface area contributed by atoms with Crippen LogP contribution in [0, 0.1) is 23.7 Å². The first-order chi connectivity index (χ1) is 15.9. The number of phenolic OH excluding ortho intramolecular Hbond substituents is 1. The molecule has 0 unspecified atom stereocenters. The third kappa shape index (κ3) is 2.99. The average molecular weight is 464 g/mol. The summed E-state index contributed by atoms with van der Waals surface area (Å²) in [6, 6.07) is 14.9. The Kier molecular flexibility index (Phi) is 4.66. The number of amides is 2. The summed E-state index contributed by atoms with van der Waals surface area (Å²) >= 11 is 1.53. The van der Waals surface area contributed by atoms with Crippen LogP contribution in [0.25, 0.3) is 10.8 Å². The van der Waals surface area contributed by atoms with Gasteiger partial charge >= 0.3 is 0 Å². The monoisotopic (exact) mass is 463 g/mol. The summed E-state index contributed by atoms with van der Waals surface area (Å²) < 4.78 is 6.33. The Morgan fingerprint density at radius 1 is 1.06 bits per heavy atom. The first-order valence-corrected chi connectivity index (χ1v) is 12.2. The third-order valence-corrected chi connectivity index (χ3v) is 8.68. The van der Waals surface area contributed by atoms with Crippen LogP contribution in [0.5, 0.6) is 5.75 Å². The van der Waals surface area contributed by atoms with Gasteiger partial charge in [-0.2, -0.15) is 0 Å². The number of thiophene rings is 1. The number of benzene rings is 2. The molecule has 33 heavy (non-hydrogen) atoms. The molecule has 6 nitrogen and oxygen atoms in total.